The van der Waals surface area contributed by atoms with Crippen LogP contribution in [0.1, 0.15) is 40.8 Å². The molecule has 2 rings (SSSR count). The first kappa shape index (κ1) is 21.0. The van der Waals surface area contributed by atoms with Crippen LogP contribution in [0.15, 0.2) is 36.4 Å². The van der Waals surface area contributed by atoms with E-state index in [2.05, 4.69) is 24.4 Å². The molecule has 0 heterocycles. The number of hydrogen-bond donors (Lipinski definition) is 1. The third-order valence-electron chi connectivity index (χ3n) is 4.70. The number of carbonyl (C=O) groups is 1. The molecule has 1 amide bonds. The van der Waals surface area contributed by atoms with Gasteiger partial charge in [-0.15, -0.1) is 0 Å². The Bertz CT molecular complexity index is 952. The molecule has 0 bridgehead atoms. The van der Waals surface area contributed by atoms with Gasteiger partial charge in [0.2, 0.25) is 15.9 Å². The maximum Gasteiger partial charge on any atom is 0.241 e. The number of nitrogens with zero attached hydrogens (tertiary/aromatic N) is 1. The summed E-state index contributed by atoms with van der Waals surface area (Å²) in [6.45, 7) is 9.65. The number of carbonyl (C=O) groups excluding carboxylic acids is 1. The number of benzene rings is 2. The van der Waals surface area contributed by atoms with Crippen LogP contribution in [0.3, 0.4) is 0 Å². The molecule has 0 saturated carbocycles. The van der Waals surface area contributed by atoms with Gasteiger partial charge >= 0.3 is 0 Å². The minimum absolute atomic E-state index is 0.212. The van der Waals surface area contributed by atoms with Crippen molar-refractivity contribution >= 4 is 21.6 Å². The zero-order chi connectivity index (χ0) is 20.4. The molecule has 1 unspecified atom stereocenters. The lowest BCUT2D eigenvalue weighted by Crippen LogP contribution is -2.41. The van der Waals surface area contributed by atoms with E-state index in [1.54, 1.807) is 18.2 Å². The Labute approximate surface area is 162 Å². The quantitative estimate of drug-likeness (QED) is 0.823. The summed E-state index contributed by atoms with van der Waals surface area (Å²) in [5.74, 6) is -0.341. The number of nitrogens with one attached hydrogen (secondary N) is 1. The molecule has 1 N–H and O–H groups in total. The van der Waals surface area contributed by atoms with Crippen LogP contribution in [-0.2, 0) is 14.8 Å². The number of sulfonamides is 1. The van der Waals surface area contributed by atoms with Crippen LogP contribution in [0, 0.1) is 27.7 Å². The third-order valence-corrected chi connectivity index (χ3v) is 5.84. The molecule has 0 spiro atoms. The number of anilines is 1. The van der Waals surface area contributed by atoms with Crippen LogP contribution in [0.2, 0.25) is 0 Å². The van der Waals surface area contributed by atoms with Crippen molar-refractivity contribution in [2.75, 3.05) is 17.1 Å². The van der Waals surface area contributed by atoms with Crippen molar-refractivity contribution in [1.82, 2.24) is 5.32 Å². The van der Waals surface area contributed by atoms with Crippen molar-refractivity contribution in [1.29, 1.82) is 0 Å². The Morgan fingerprint density at radius 2 is 1.67 bits per heavy atom. The summed E-state index contributed by atoms with van der Waals surface area (Å²) in [6.07, 6.45) is 1.11. The van der Waals surface area contributed by atoms with Crippen molar-refractivity contribution < 1.29 is 13.2 Å². The number of amides is 1. The van der Waals surface area contributed by atoms with Gasteiger partial charge in [-0.2, -0.15) is 0 Å². The highest BCUT2D eigenvalue weighted by atomic mass is 32.2. The van der Waals surface area contributed by atoms with Gasteiger partial charge in [0.1, 0.15) is 6.54 Å². The van der Waals surface area contributed by atoms with E-state index >= 15 is 0 Å². The highest BCUT2D eigenvalue weighted by molar-refractivity contribution is 7.92. The molecule has 5 nitrogen and oxygen atoms in total. The molecule has 6 heteroatoms. The summed E-state index contributed by atoms with van der Waals surface area (Å²) >= 11 is 0. The average Bonchev–Trinajstić information content (AvgIpc) is 2.54. The Hall–Kier alpha value is -2.34. The van der Waals surface area contributed by atoms with Crippen LogP contribution in [-0.4, -0.2) is 27.1 Å². The fourth-order valence-electron chi connectivity index (χ4n) is 3.13. The largest absolute Gasteiger partial charge is 0.348 e. The highest BCUT2D eigenvalue weighted by Crippen LogP contribution is 2.22. The maximum absolute atomic E-state index is 12.6. The summed E-state index contributed by atoms with van der Waals surface area (Å²) in [4.78, 5) is 12.6. The Morgan fingerprint density at radius 1 is 1.04 bits per heavy atom. The van der Waals surface area contributed by atoms with E-state index in [1.165, 1.54) is 5.56 Å². The minimum Gasteiger partial charge on any atom is -0.348 e. The topological polar surface area (TPSA) is 66.5 Å². The van der Waals surface area contributed by atoms with Crippen molar-refractivity contribution in [2.24, 2.45) is 0 Å². The normalized spacial score (nSPS) is 12.5. The molecule has 1 atom stereocenters. The molecule has 0 aromatic heterocycles. The Morgan fingerprint density at radius 3 is 2.26 bits per heavy atom. The maximum atomic E-state index is 12.6. The molecule has 0 radical (unpaired) electrons. The van der Waals surface area contributed by atoms with Gasteiger partial charge in [0.15, 0.2) is 0 Å². The van der Waals surface area contributed by atoms with Crippen LogP contribution in [0.5, 0.6) is 0 Å². The van der Waals surface area contributed by atoms with Crippen molar-refractivity contribution in [2.45, 2.75) is 40.7 Å². The van der Waals surface area contributed by atoms with E-state index < -0.39 is 10.0 Å². The standard InChI is InChI=1S/C21H28N2O3S/c1-14-8-7-9-19(10-14)23(27(6,25)26)13-21(24)22-18(5)20-12-16(3)15(2)11-17(20)4/h7-12,18H,13H2,1-6H3,(H,22,24). The highest BCUT2D eigenvalue weighted by Gasteiger charge is 2.22. The monoisotopic (exact) mass is 388 g/mol. The van der Waals surface area contributed by atoms with Gasteiger partial charge in [-0.25, -0.2) is 8.42 Å². The first-order valence-corrected chi connectivity index (χ1v) is 10.8. The average molecular weight is 389 g/mol. The first-order valence-electron chi connectivity index (χ1n) is 8.90. The summed E-state index contributed by atoms with van der Waals surface area (Å²) in [5.41, 5.74) is 5.92. The van der Waals surface area contributed by atoms with E-state index in [-0.39, 0.29) is 18.5 Å². The van der Waals surface area contributed by atoms with Gasteiger partial charge in [0, 0.05) is 0 Å². The fourth-order valence-corrected chi connectivity index (χ4v) is 3.98. The number of rotatable bonds is 6. The van der Waals surface area contributed by atoms with Crippen LogP contribution < -0.4 is 9.62 Å². The predicted molar refractivity (Wildman–Crippen MR) is 111 cm³/mol. The van der Waals surface area contributed by atoms with Gasteiger partial charge in [-0.3, -0.25) is 9.10 Å². The second-order valence-electron chi connectivity index (χ2n) is 7.19. The molecule has 2 aromatic rings. The van der Waals surface area contributed by atoms with Crippen molar-refractivity contribution in [3.05, 3.63) is 64.2 Å². The summed E-state index contributed by atoms with van der Waals surface area (Å²) < 4.78 is 25.6. The van der Waals surface area contributed by atoms with E-state index in [4.69, 9.17) is 0 Å². The first-order chi connectivity index (χ1) is 12.5. The lowest BCUT2D eigenvalue weighted by molar-refractivity contribution is -0.120. The fraction of sp³-hybridized carbons (Fsp3) is 0.381. The molecule has 0 aliphatic carbocycles. The predicted octanol–water partition coefficient (Wildman–Crippen LogP) is 3.56. The van der Waals surface area contributed by atoms with Gasteiger partial charge in [-0.05, 0) is 74.6 Å². The summed E-state index contributed by atoms with van der Waals surface area (Å²) in [5, 5.41) is 2.93. The molecular weight excluding hydrogens is 360 g/mol. The molecule has 0 fully saturated rings. The van der Waals surface area contributed by atoms with Crippen LogP contribution in [0.4, 0.5) is 5.69 Å². The zero-order valence-corrected chi connectivity index (χ0v) is 17.6. The van der Waals surface area contributed by atoms with Crippen molar-refractivity contribution in [3.8, 4) is 0 Å². The molecular formula is C21H28N2O3S. The molecule has 0 aliphatic heterocycles. The Balaban J connectivity index is 2.20. The van der Waals surface area contributed by atoms with Gasteiger partial charge in [-0.1, -0.05) is 24.3 Å². The van der Waals surface area contributed by atoms with Gasteiger partial charge in [0.25, 0.3) is 0 Å². The smallest absolute Gasteiger partial charge is 0.241 e. The van der Waals surface area contributed by atoms with E-state index in [9.17, 15) is 13.2 Å². The molecule has 0 saturated heterocycles. The Kier molecular flexibility index (Phi) is 6.31. The zero-order valence-electron chi connectivity index (χ0n) is 16.8. The lowest BCUT2D eigenvalue weighted by atomic mass is 9.96. The molecule has 27 heavy (non-hydrogen) atoms. The van der Waals surface area contributed by atoms with E-state index in [0.717, 1.165) is 32.8 Å². The van der Waals surface area contributed by atoms with E-state index in [1.807, 2.05) is 33.8 Å². The third kappa shape index (κ3) is 5.32. The molecule has 146 valence electrons. The van der Waals surface area contributed by atoms with Gasteiger partial charge < -0.3 is 5.32 Å². The number of aryl methyl sites for hydroxylation is 4. The van der Waals surface area contributed by atoms with Gasteiger partial charge in [0.05, 0.1) is 18.0 Å². The van der Waals surface area contributed by atoms with Crippen LogP contribution >= 0.6 is 0 Å². The number of hydrogen-bond acceptors (Lipinski definition) is 3. The van der Waals surface area contributed by atoms with Crippen LogP contribution in [0.25, 0.3) is 0 Å². The molecule has 2 aromatic carbocycles. The SMILES string of the molecule is Cc1cccc(N(CC(=O)NC(C)c2cc(C)c(C)cc2C)S(C)(=O)=O)c1. The summed E-state index contributed by atoms with van der Waals surface area (Å²) in [7, 11) is -3.58. The lowest BCUT2D eigenvalue weighted by Gasteiger charge is -2.24. The minimum atomic E-state index is -3.58. The molecule has 0 aliphatic rings. The second kappa shape index (κ2) is 8.13. The second-order valence-corrected chi connectivity index (χ2v) is 9.10. The van der Waals surface area contributed by atoms with E-state index in [0.29, 0.717) is 5.69 Å². The summed E-state index contributed by atoms with van der Waals surface area (Å²) in [6, 6.07) is 11.1. The van der Waals surface area contributed by atoms with Crippen molar-refractivity contribution in [3.63, 3.8) is 0 Å².